The van der Waals surface area contributed by atoms with Crippen molar-refractivity contribution in [3.05, 3.63) is 12.4 Å². The Morgan fingerprint density at radius 2 is 2.17 bits per heavy atom. The zero-order valence-electron chi connectivity index (χ0n) is 10.9. The van der Waals surface area contributed by atoms with Crippen molar-refractivity contribution in [1.29, 1.82) is 0 Å². The predicted octanol–water partition coefficient (Wildman–Crippen LogP) is 0.397. The Balaban J connectivity index is 2.00. The van der Waals surface area contributed by atoms with Gasteiger partial charge in [-0.15, -0.1) is 5.10 Å². The van der Waals surface area contributed by atoms with Crippen LogP contribution in [-0.2, 0) is 4.74 Å². The number of nitrogens with two attached hydrogens (primary N) is 1. The highest BCUT2D eigenvalue weighted by molar-refractivity contribution is 5.68. The maximum absolute atomic E-state index is 11.9. The van der Waals surface area contributed by atoms with Crippen LogP contribution in [0.3, 0.4) is 0 Å². The number of carbonyl (C=O) groups is 1. The summed E-state index contributed by atoms with van der Waals surface area (Å²) in [6, 6.07) is -0.195. The maximum Gasteiger partial charge on any atom is 0.410 e. The fourth-order valence-corrected chi connectivity index (χ4v) is 1.96. The number of carbonyl (C=O) groups excluding carboxylic acids is 1. The summed E-state index contributed by atoms with van der Waals surface area (Å²) in [4.78, 5) is 13.5. The van der Waals surface area contributed by atoms with Crippen molar-refractivity contribution < 1.29 is 9.53 Å². The van der Waals surface area contributed by atoms with Crippen LogP contribution in [0.5, 0.6) is 0 Å². The Hall–Kier alpha value is -1.63. The van der Waals surface area contributed by atoms with Crippen molar-refractivity contribution in [2.45, 2.75) is 38.5 Å². The molecule has 1 amide bonds. The maximum atomic E-state index is 11.9. The summed E-state index contributed by atoms with van der Waals surface area (Å²) in [5.41, 5.74) is 5.53. The molecular weight excluding hydrogens is 234 g/mol. The van der Waals surface area contributed by atoms with Gasteiger partial charge in [0, 0.05) is 25.3 Å². The number of aromatic nitrogens is 3. The monoisotopic (exact) mass is 253 g/mol. The van der Waals surface area contributed by atoms with E-state index < -0.39 is 5.60 Å². The standard InChI is InChI=1S/C11H19N5O2/c1-11(2,3)18-10(17)15-6-8(12)9(7-15)16-5-4-13-14-16/h4-5,8-9H,6-7,12H2,1-3H3. The van der Waals surface area contributed by atoms with Gasteiger partial charge in [0.1, 0.15) is 5.60 Å². The fraction of sp³-hybridized carbons (Fsp3) is 0.727. The van der Waals surface area contributed by atoms with Crippen LogP contribution < -0.4 is 5.73 Å². The number of ether oxygens (including phenoxy) is 1. The Bertz CT molecular complexity index is 412. The Kier molecular flexibility index (Phi) is 3.25. The first-order valence-electron chi connectivity index (χ1n) is 5.96. The van der Waals surface area contributed by atoms with E-state index in [1.165, 1.54) is 0 Å². The molecule has 0 radical (unpaired) electrons. The van der Waals surface area contributed by atoms with Crippen LogP contribution >= 0.6 is 0 Å². The summed E-state index contributed by atoms with van der Waals surface area (Å²) in [5, 5.41) is 7.68. The average molecular weight is 253 g/mol. The molecule has 0 bridgehead atoms. The number of hydrogen-bond donors (Lipinski definition) is 1. The zero-order valence-corrected chi connectivity index (χ0v) is 10.9. The SMILES string of the molecule is CC(C)(C)OC(=O)N1CC(N)C(n2ccnn2)C1. The molecule has 2 unspecified atom stereocenters. The molecule has 2 N–H and O–H groups in total. The number of likely N-dealkylation sites (tertiary alicyclic amines) is 1. The topological polar surface area (TPSA) is 86.3 Å². The number of hydrogen-bond acceptors (Lipinski definition) is 5. The Labute approximate surface area is 106 Å². The third kappa shape index (κ3) is 2.79. The van der Waals surface area contributed by atoms with E-state index in [2.05, 4.69) is 10.3 Å². The van der Waals surface area contributed by atoms with Gasteiger partial charge in [0.25, 0.3) is 0 Å². The number of rotatable bonds is 1. The van der Waals surface area contributed by atoms with E-state index in [0.29, 0.717) is 13.1 Å². The second-order valence-electron chi connectivity index (χ2n) is 5.50. The van der Waals surface area contributed by atoms with Gasteiger partial charge in [-0.25, -0.2) is 9.48 Å². The third-order valence-corrected chi connectivity index (χ3v) is 2.77. The molecule has 18 heavy (non-hydrogen) atoms. The highest BCUT2D eigenvalue weighted by Gasteiger charge is 2.36. The van der Waals surface area contributed by atoms with Crippen molar-refractivity contribution in [1.82, 2.24) is 19.9 Å². The number of amides is 1. The van der Waals surface area contributed by atoms with Gasteiger partial charge in [0.2, 0.25) is 0 Å². The minimum absolute atomic E-state index is 0.0416. The van der Waals surface area contributed by atoms with Gasteiger partial charge in [0.05, 0.1) is 12.2 Å². The van der Waals surface area contributed by atoms with E-state index in [-0.39, 0.29) is 18.2 Å². The molecule has 0 spiro atoms. The summed E-state index contributed by atoms with van der Waals surface area (Å²) in [6.07, 6.45) is 3.02. The molecule has 1 fully saturated rings. The fourth-order valence-electron chi connectivity index (χ4n) is 1.96. The Morgan fingerprint density at radius 1 is 1.44 bits per heavy atom. The van der Waals surface area contributed by atoms with E-state index in [1.807, 2.05) is 20.8 Å². The van der Waals surface area contributed by atoms with Gasteiger partial charge in [-0.1, -0.05) is 5.21 Å². The van der Waals surface area contributed by atoms with Crippen LogP contribution in [-0.4, -0.2) is 50.7 Å². The molecule has 1 saturated heterocycles. The van der Waals surface area contributed by atoms with Gasteiger partial charge in [-0.05, 0) is 20.8 Å². The zero-order chi connectivity index (χ0) is 13.3. The molecule has 0 saturated carbocycles. The Morgan fingerprint density at radius 3 is 2.72 bits per heavy atom. The van der Waals surface area contributed by atoms with Crippen molar-refractivity contribution in [3.63, 3.8) is 0 Å². The van der Waals surface area contributed by atoms with Crippen LogP contribution in [0.1, 0.15) is 26.8 Å². The van der Waals surface area contributed by atoms with Gasteiger partial charge in [-0.2, -0.15) is 0 Å². The van der Waals surface area contributed by atoms with Crippen LogP contribution in [0.4, 0.5) is 4.79 Å². The lowest BCUT2D eigenvalue weighted by molar-refractivity contribution is 0.0287. The second kappa shape index (κ2) is 4.56. The molecular formula is C11H19N5O2. The predicted molar refractivity (Wildman–Crippen MR) is 64.8 cm³/mol. The second-order valence-corrected chi connectivity index (χ2v) is 5.50. The average Bonchev–Trinajstić information content (AvgIpc) is 2.82. The smallest absolute Gasteiger partial charge is 0.410 e. The molecule has 1 aromatic heterocycles. The van der Waals surface area contributed by atoms with E-state index in [1.54, 1.807) is 22.0 Å². The largest absolute Gasteiger partial charge is 0.444 e. The first kappa shape index (κ1) is 12.8. The van der Waals surface area contributed by atoms with E-state index >= 15 is 0 Å². The number of nitrogens with zero attached hydrogens (tertiary/aromatic N) is 4. The molecule has 1 aliphatic rings. The van der Waals surface area contributed by atoms with Crippen LogP contribution in [0.15, 0.2) is 12.4 Å². The molecule has 7 nitrogen and oxygen atoms in total. The van der Waals surface area contributed by atoms with Gasteiger partial charge in [0.15, 0.2) is 0 Å². The quantitative estimate of drug-likeness (QED) is 0.782. The van der Waals surface area contributed by atoms with Gasteiger partial charge in [-0.3, -0.25) is 0 Å². The van der Waals surface area contributed by atoms with Crippen molar-refractivity contribution in [2.24, 2.45) is 5.73 Å². The van der Waals surface area contributed by atoms with Gasteiger partial charge < -0.3 is 15.4 Å². The molecule has 2 atom stereocenters. The minimum Gasteiger partial charge on any atom is -0.444 e. The van der Waals surface area contributed by atoms with E-state index in [0.717, 1.165) is 0 Å². The lowest BCUT2D eigenvalue weighted by Gasteiger charge is -2.24. The van der Waals surface area contributed by atoms with Crippen molar-refractivity contribution in [2.75, 3.05) is 13.1 Å². The van der Waals surface area contributed by atoms with Crippen LogP contribution in [0.25, 0.3) is 0 Å². The summed E-state index contributed by atoms with van der Waals surface area (Å²) in [6.45, 7) is 6.50. The summed E-state index contributed by atoms with van der Waals surface area (Å²) in [5.74, 6) is 0. The minimum atomic E-state index is -0.494. The van der Waals surface area contributed by atoms with Crippen LogP contribution in [0, 0.1) is 0 Å². The molecule has 0 aliphatic carbocycles. The van der Waals surface area contributed by atoms with E-state index in [4.69, 9.17) is 10.5 Å². The summed E-state index contributed by atoms with van der Waals surface area (Å²) >= 11 is 0. The highest BCUT2D eigenvalue weighted by Crippen LogP contribution is 2.21. The molecule has 100 valence electrons. The van der Waals surface area contributed by atoms with Gasteiger partial charge >= 0.3 is 6.09 Å². The van der Waals surface area contributed by atoms with E-state index in [9.17, 15) is 4.79 Å². The summed E-state index contributed by atoms with van der Waals surface area (Å²) in [7, 11) is 0. The van der Waals surface area contributed by atoms with Crippen LogP contribution in [0.2, 0.25) is 0 Å². The van der Waals surface area contributed by atoms with Crippen molar-refractivity contribution in [3.8, 4) is 0 Å². The molecule has 0 aromatic carbocycles. The van der Waals surface area contributed by atoms with Crippen molar-refractivity contribution >= 4 is 6.09 Å². The molecule has 7 heteroatoms. The molecule has 1 aliphatic heterocycles. The molecule has 2 heterocycles. The first-order valence-corrected chi connectivity index (χ1v) is 5.96. The lowest BCUT2D eigenvalue weighted by atomic mass is 10.2. The lowest BCUT2D eigenvalue weighted by Crippen LogP contribution is -2.36. The molecule has 1 aromatic rings. The molecule has 2 rings (SSSR count). The summed E-state index contributed by atoms with van der Waals surface area (Å²) < 4.78 is 7.01. The third-order valence-electron chi connectivity index (χ3n) is 2.77. The first-order chi connectivity index (χ1) is 8.37. The normalized spacial score (nSPS) is 24.3. The highest BCUT2D eigenvalue weighted by atomic mass is 16.6.